The predicted molar refractivity (Wildman–Crippen MR) is 220 cm³/mol. The van der Waals surface area contributed by atoms with Gasteiger partial charge in [0.25, 0.3) is 0 Å². The lowest BCUT2D eigenvalue weighted by Crippen LogP contribution is -2.29. The van der Waals surface area contributed by atoms with Crippen LogP contribution in [0.15, 0.2) is 48.6 Å². The fraction of sp³-hybridized carbons (Fsp3) is 0.767. The molecule has 0 aromatic rings. The molecule has 0 amide bonds. The summed E-state index contributed by atoms with van der Waals surface area (Å²) in [5, 5.41) is 0. The molecule has 9 nitrogen and oxygen atoms in total. The number of likely N-dealkylation sites (N-methyl/N-ethyl adjacent to an activating group) is 1. The van der Waals surface area contributed by atoms with E-state index in [2.05, 4.69) is 62.5 Å². The number of carbonyl (C=O) groups excluding carboxylic acids is 2. The van der Waals surface area contributed by atoms with Crippen molar-refractivity contribution in [3.63, 3.8) is 0 Å². The second kappa shape index (κ2) is 38.3. The van der Waals surface area contributed by atoms with Crippen LogP contribution in [0.5, 0.6) is 0 Å². The molecule has 0 saturated heterocycles. The number of phosphoric acid groups is 1. The topological polar surface area (TPSA) is 112 Å². The number of phosphoric ester groups is 1. The standard InChI is InChI=1S/C43H78NO8P/c1-5-7-9-11-13-15-17-19-20-21-22-24-25-27-29-31-33-35-42(45)49-39-41(40-51-53(47,48)50-38-37-44(3)4)52-43(46)36-34-32-30-28-26-23-18-16-14-12-10-8-6-2/h7,9,13,15,19-20,22,24,41H,5-6,8,10-12,14,16-18,21,23,25-40H2,1-4H3,(H,47,48)/b9-7-,15-13-,20-19-,24-22-. The molecule has 0 aromatic heterocycles. The van der Waals surface area contributed by atoms with Gasteiger partial charge < -0.3 is 19.3 Å². The maximum atomic E-state index is 12.6. The Morgan fingerprint density at radius 1 is 0.604 bits per heavy atom. The van der Waals surface area contributed by atoms with E-state index in [9.17, 15) is 19.0 Å². The maximum absolute atomic E-state index is 12.6. The van der Waals surface area contributed by atoms with E-state index in [0.29, 0.717) is 19.4 Å². The molecule has 53 heavy (non-hydrogen) atoms. The first-order valence-electron chi connectivity index (χ1n) is 20.9. The average Bonchev–Trinajstić information content (AvgIpc) is 3.12. The molecule has 308 valence electrons. The SMILES string of the molecule is CC/C=C\C/C=C\C/C=C\C/C=C\CCCCCCC(=O)OCC(COP(=O)(O)OCCN(C)C)OC(=O)CCCCCCCCCCCCCCC. The summed E-state index contributed by atoms with van der Waals surface area (Å²) in [4.78, 5) is 36.9. The Morgan fingerprint density at radius 3 is 1.60 bits per heavy atom. The van der Waals surface area contributed by atoms with Crippen molar-refractivity contribution in [3.05, 3.63) is 48.6 Å². The van der Waals surface area contributed by atoms with E-state index < -0.39 is 32.5 Å². The lowest BCUT2D eigenvalue weighted by atomic mass is 10.0. The molecule has 2 unspecified atom stereocenters. The molecule has 1 N–H and O–H groups in total. The molecule has 2 atom stereocenters. The lowest BCUT2D eigenvalue weighted by Gasteiger charge is -2.20. The first kappa shape index (κ1) is 51.0. The Morgan fingerprint density at radius 2 is 1.08 bits per heavy atom. The maximum Gasteiger partial charge on any atom is 0.472 e. The lowest BCUT2D eigenvalue weighted by molar-refractivity contribution is -0.161. The van der Waals surface area contributed by atoms with Crippen molar-refractivity contribution < 1.29 is 37.6 Å². The number of esters is 2. The van der Waals surface area contributed by atoms with Crippen molar-refractivity contribution in [2.75, 3.05) is 40.5 Å². The zero-order valence-electron chi connectivity index (χ0n) is 34.2. The summed E-state index contributed by atoms with van der Waals surface area (Å²) in [7, 11) is -0.723. The van der Waals surface area contributed by atoms with Gasteiger partial charge in [-0.3, -0.25) is 18.6 Å². The van der Waals surface area contributed by atoms with Crippen LogP contribution < -0.4 is 0 Å². The van der Waals surface area contributed by atoms with Crippen LogP contribution >= 0.6 is 7.82 Å². The largest absolute Gasteiger partial charge is 0.472 e. The summed E-state index contributed by atoms with van der Waals surface area (Å²) in [5.41, 5.74) is 0. The summed E-state index contributed by atoms with van der Waals surface area (Å²) in [5.74, 6) is -0.830. The molecule has 0 radical (unpaired) electrons. The molecule has 0 bridgehead atoms. The third-order valence-corrected chi connectivity index (χ3v) is 9.63. The molecule has 0 aliphatic rings. The third-order valence-electron chi connectivity index (χ3n) is 8.65. The van der Waals surface area contributed by atoms with E-state index in [1.165, 1.54) is 64.2 Å². The molecule has 10 heteroatoms. The van der Waals surface area contributed by atoms with Crippen LogP contribution in [0, 0.1) is 0 Å². The molecule has 0 spiro atoms. The van der Waals surface area contributed by atoms with Crippen molar-refractivity contribution in [2.24, 2.45) is 0 Å². The van der Waals surface area contributed by atoms with E-state index in [-0.39, 0.29) is 26.1 Å². The molecule has 0 aliphatic carbocycles. The Bertz CT molecular complexity index is 1030. The van der Waals surface area contributed by atoms with E-state index in [4.69, 9.17) is 18.5 Å². The van der Waals surface area contributed by atoms with Gasteiger partial charge in [0.1, 0.15) is 6.61 Å². The van der Waals surface area contributed by atoms with Gasteiger partial charge in [0.15, 0.2) is 6.10 Å². The number of unbranched alkanes of at least 4 members (excludes halogenated alkanes) is 16. The molecular formula is C43H78NO8P. The number of carbonyl (C=O) groups is 2. The Kier molecular flexibility index (Phi) is 36.8. The highest BCUT2D eigenvalue weighted by atomic mass is 31.2. The van der Waals surface area contributed by atoms with Crippen molar-refractivity contribution in [1.29, 1.82) is 0 Å². The minimum absolute atomic E-state index is 0.00269. The van der Waals surface area contributed by atoms with E-state index in [1.807, 2.05) is 19.0 Å². The van der Waals surface area contributed by atoms with E-state index in [0.717, 1.165) is 64.2 Å². The van der Waals surface area contributed by atoms with Gasteiger partial charge >= 0.3 is 19.8 Å². The van der Waals surface area contributed by atoms with Gasteiger partial charge in [-0.2, -0.15) is 0 Å². The van der Waals surface area contributed by atoms with E-state index >= 15 is 0 Å². The Labute approximate surface area is 324 Å². The normalized spacial score (nSPS) is 13.9. The highest BCUT2D eigenvalue weighted by Crippen LogP contribution is 2.43. The second-order valence-corrected chi connectivity index (χ2v) is 15.6. The molecule has 0 fully saturated rings. The number of nitrogens with zero attached hydrogens (tertiary/aromatic N) is 1. The average molecular weight is 768 g/mol. The zero-order chi connectivity index (χ0) is 39.1. The van der Waals surface area contributed by atoms with Gasteiger partial charge in [-0.05, 0) is 65.5 Å². The van der Waals surface area contributed by atoms with E-state index in [1.54, 1.807) is 0 Å². The minimum Gasteiger partial charge on any atom is -0.462 e. The van der Waals surface area contributed by atoms with Crippen LogP contribution in [0.25, 0.3) is 0 Å². The summed E-state index contributed by atoms with van der Waals surface area (Å²) >= 11 is 0. The van der Waals surface area contributed by atoms with Crippen molar-refractivity contribution in [3.8, 4) is 0 Å². The summed E-state index contributed by atoms with van der Waals surface area (Å²) < 4.78 is 33.4. The van der Waals surface area contributed by atoms with Crippen LogP contribution in [-0.4, -0.2) is 68.3 Å². The van der Waals surface area contributed by atoms with Gasteiger partial charge in [-0.1, -0.05) is 152 Å². The summed E-state index contributed by atoms with van der Waals surface area (Å²) in [6.45, 7) is 4.17. The van der Waals surface area contributed by atoms with Gasteiger partial charge in [0, 0.05) is 19.4 Å². The van der Waals surface area contributed by atoms with Crippen LogP contribution in [-0.2, 0) is 32.7 Å². The fourth-order valence-corrected chi connectivity index (χ4v) is 6.18. The van der Waals surface area contributed by atoms with Gasteiger partial charge in [-0.25, -0.2) is 4.57 Å². The Hall–Kier alpha value is -2.03. The second-order valence-electron chi connectivity index (χ2n) is 14.1. The van der Waals surface area contributed by atoms with Gasteiger partial charge in [0.05, 0.1) is 13.2 Å². The van der Waals surface area contributed by atoms with Crippen molar-refractivity contribution in [2.45, 2.75) is 174 Å². The van der Waals surface area contributed by atoms with Gasteiger partial charge in [-0.15, -0.1) is 0 Å². The Balaban J connectivity index is 4.35. The quantitative estimate of drug-likeness (QED) is 0.0284. The first-order chi connectivity index (χ1) is 25.7. The highest BCUT2D eigenvalue weighted by Gasteiger charge is 2.26. The van der Waals surface area contributed by atoms with Gasteiger partial charge in [0.2, 0.25) is 0 Å². The fourth-order valence-electron chi connectivity index (χ4n) is 5.44. The smallest absolute Gasteiger partial charge is 0.462 e. The summed E-state index contributed by atoms with van der Waals surface area (Å²) in [6, 6.07) is 0. The van der Waals surface area contributed by atoms with Crippen LogP contribution in [0.2, 0.25) is 0 Å². The number of rotatable bonds is 38. The molecular weight excluding hydrogens is 689 g/mol. The monoisotopic (exact) mass is 768 g/mol. The number of ether oxygens (including phenoxy) is 2. The molecule has 0 aliphatic heterocycles. The summed E-state index contributed by atoms with van der Waals surface area (Å²) in [6.07, 6.45) is 41.5. The molecule has 0 rings (SSSR count). The van der Waals surface area contributed by atoms with Crippen molar-refractivity contribution >= 4 is 19.8 Å². The van der Waals surface area contributed by atoms with Crippen LogP contribution in [0.1, 0.15) is 168 Å². The zero-order valence-corrected chi connectivity index (χ0v) is 35.1. The molecule has 0 aromatic carbocycles. The number of allylic oxidation sites excluding steroid dienone is 8. The number of hydrogen-bond acceptors (Lipinski definition) is 8. The van der Waals surface area contributed by atoms with Crippen LogP contribution in [0.3, 0.4) is 0 Å². The predicted octanol–water partition coefficient (Wildman–Crippen LogP) is 11.8. The highest BCUT2D eigenvalue weighted by molar-refractivity contribution is 7.47. The first-order valence-corrected chi connectivity index (χ1v) is 22.4. The van der Waals surface area contributed by atoms with Crippen molar-refractivity contribution in [1.82, 2.24) is 4.90 Å². The third kappa shape index (κ3) is 39.5. The number of hydrogen-bond donors (Lipinski definition) is 1. The molecule has 0 saturated carbocycles. The minimum atomic E-state index is -4.36. The molecule has 0 heterocycles. The van der Waals surface area contributed by atoms with Crippen LogP contribution in [0.4, 0.5) is 0 Å².